The molecule has 0 amide bonds. The monoisotopic (exact) mass is 530 g/mol. The lowest BCUT2D eigenvalue weighted by Gasteiger charge is -2.33. The van der Waals surface area contributed by atoms with Crippen molar-refractivity contribution >= 4 is 48.3 Å². The van der Waals surface area contributed by atoms with E-state index in [9.17, 15) is 8.42 Å². The number of methoxy groups -OCH3 is 1. The highest BCUT2D eigenvalue weighted by Crippen LogP contribution is 2.30. The summed E-state index contributed by atoms with van der Waals surface area (Å²) in [5, 5.41) is 1.04. The lowest BCUT2D eigenvalue weighted by molar-refractivity contribution is 0.182. The molecular formula is C24H27BrN4O3S. The van der Waals surface area contributed by atoms with E-state index in [-0.39, 0.29) is 0 Å². The first-order chi connectivity index (χ1) is 15.7. The van der Waals surface area contributed by atoms with Gasteiger partial charge in [-0.1, -0.05) is 24.3 Å². The Kier molecular flexibility index (Phi) is 7.13. The fourth-order valence-corrected chi connectivity index (χ4v) is 5.31. The van der Waals surface area contributed by atoms with Crippen molar-refractivity contribution in [1.82, 2.24) is 14.2 Å². The Morgan fingerprint density at radius 3 is 2.52 bits per heavy atom. The minimum absolute atomic E-state index is 0.531. The minimum atomic E-state index is -3.12. The van der Waals surface area contributed by atoms with Gasteiger partial charge in [0.2, 0.25) is 15.9 Å². The quantitative estimate of drug-likeness (QED) is 0.446. The summed E-state index contributed by atoms with van der Waals surface area (Å²) in [6, 6.07) is 16.1. The first-order valence-electron chi connectivity index (χ1n) is 10.7. The van der Waals surface area contributed by atoms with Crippen LogP contribution in [0, 0.1) is 0 Å². The predicted octanol–water partition coefficient (Wildman–Crippen LogP) is 4.22. The molecule has 2 heterocycles. The van der Waals surface area contributed by atoms with Gasteiger partial charge in [-0.15, -0.1) is 0 Å². The number of fused-ring (bicyclic) bond motifs is 1. The van der Waals surface area contributed by atoms with E-state index in [4.69, 9.17) is 9.73 Å². The van der Waals surface area contributed by atoms with E-state index in [2.05, 4.69) is 44.0 Å². The highest BCUT2D eigenvalue weighted by Gasteiger charge is 2.23. The van der Waals surface area contributed by atoms with Crippen molar-refractivity contribution in [3.63, 3.8) is 0 Å². The molecule has 1 fully saturated rings. The van der Waals surface area contributed by atoms with Crippen LogP contribution in [-0.2, 0) is 16.6 Å². The summed E-state index contributed by atoms with van der Waals surface area (Å²) in [5.74, 6) is 0.552. The molecular weight excluding hydrogens is 504 g/mol. The average molecular weight is 531 g/mol. The SMILES string of the molecule is COc1nc2ccccc2cc1C(C)=Nc1ccc(CN2CCN(S(C)(=O)=O)CC2)cc1Br. The lowest BCUT2D eigenvalue weighted by atomic mass is 10.1. The van der Waals surface area contributed by atoms with Crippen LogP contribution in [-0.4, -0.2) is 67.9 Å². The van der Waals surface area contributed by atoms with Crippen LogP contribution in [0.4, 0.5) is 5.69 Å². The molecule has 0 spiro atoms. The van der Waals surface area contributed by atoms with E-state index in [1.165, 1.54) is 10.6 Å². The molecule has 4 rings (SSSR count). The first kappa shape index (κ1) is 23.8. The number of pyridine rings is 1. The van der Waals surface area contributed by atoms with Gasteiger partial charge in [-0.25, -0.2) is 13.4 Å². The molecule has 174 valence electrons. The molecule has 1 saturated heterocycles. The Hall–Kier alpha value is -2.33. The van der Waals surface area contributed by atoms with Crippen LogP contribution in [0.15, 0.2) is 58.0 Å². The largest absolute Gasteiger partial charge is 0.480 e. The van der Waals surface area contributed by atoms with Crippen molar-refractivity contribution in [2.45, 2.75) is 13.5 Å². The van der Waals surface area contributed by atoms with E-state index in [1.54, 1.807) is 7.11 Å². The summed E-state index contributed by atoms with van der Waals surface area (Å²) in [5.41, 5.74) is 4.53. The molecule has 3 aromatic rings. The Balaban J connectivity index is 1.51. The molecule has 0 aliphatic carbocycles. The fraction of sp³-hybridized carbons (Fsp3) is 0.333. The van der Waals surface area contributed by atoms with E-state index in [0.717, 1.165) is 57.5 Å². The molecule has 2 aromatic carbocycles. The second kappa shape index (κ2) is 9.89. The van der Waals surface area contributed by atoms with Gasteiger partial charge in [0.25, 0.3) is 0 Å². The van der Waals surface area contributed by atoms with Crippen LogP contribution in [0.5, 0.6) is 5.88 Å². The third kappa shape index (κ3) is 5.60. The van der Waals surface area contributed by atoms with Crippen molar-refractivity contribution in [2.75, 3.05) is 39.5 Å². The smallest absolute Gasteiger partial charge is 0.222 e. The normalized spacial score (nSPS) is 16.3. The van der Waals surface area contributed by atoms with E-state index in [0.29, 0.717) is 19.0 Å². The summed E-state index contributed by atoms with van der Waals surface area (Å²) < 4.78 is 31.4. The van der Waals surface area contributed by atoms with Gasteiger partial charge in [0.1, 0.15) is 0 Å². The number of ether oxygens (including phenoxy) is 1. The Labute approximate surface area is 203 Å². The van der Waals surface area contributed by atoms with Gasteiger partial charge >= 0.3 is 0 Å². The number of para-hydroxylation sites is 1. The van der Waals surface area contributed by atoms with Crippen molar-refractivity contribution < 1.29 is 13.2 Å². The van der Waals surface area contributed by atoms with Crippen LogP contribution in [0.1, 0.15) is 18.1 Å². The number of sulfonamides is 1. The Bertz CT molecular complexity index is 1300. The maximum Gasteiger partial charge on any atom is 0.222 e. The summed E-state index contributed by atoms with van der Waals surface area (Å²) in [4.78, 5) is 11.7. The van der Waals surface area contributed by atoms with Crippen molar-refractivity contribution in [3.8, 4) is 5.88 Å². The van der Waals surface area contributed by atoms with Gasteiger partial charge in [-0.2, -0.15) is 4.31 Å². The summed E-state index contributed by atoms with van der Waals surface area (Å²) >= 11 is 3.66. The maximum absolute atomic E-state index is 11.7. The van der Waals surface area contributed by atoms with Gasteiger partial charge in [-0.3, -0.25) is 9.89 Å². The van der Waals surface area contributed by atoms with Gasteiger partial charge in [0.15, 0.2) is 0 Å². The number of benzene rings is 2. The molecule has 1 aromatic heterocycles. The van der Waals surface area contributed by atoms with Crippen molar-refractivity contribution in [3.05, 3.63) is 64.1 Å². The van der Waals surface area contributed by atoms with Crippen molar-refractivity contribution in [2.24, 2.45) is 4.99 Å². The molecule has 0 bridgehead atoms. The van der Waals surface area contributed by atoms with Crippen LogP contribution >= 0.6 is 15.9 Å². The number of aromatic nitrogens is 1. The summed E-state index contributed by atoms with van der Waals surface area (Å²) in [7, 11) is -1.50. The predicted molar refractivity (Wildman–Crippen MR) is 136 cm³/mol. The molecule has 0 N–H and O–H groups in total. The molecule has 9 heteroatoms. The van der Waals surface area contributed by atoms with Crippen LogP contribution in [0.2, 0.25) is 0 Å². The zero-order valence-electron chi connectivity index (χ0n) is 19.0. The number of halogens is 1. The summed E-state index contributed by atoms with van der Waals surface area (Å²) in [6.07, 6.45) is 1.27. The molecule has 0 atom stereocenters. The van der Waals surface area contributed by atoms with E-state index < -0.39 is 10.0 Å². The van der Waals surface area contributed by atoms with Gasteiger partial charge in [-0.05, 0) is 52.7 Å². The number of hydrogen-bond acceptors (Lipinski definition) is 6. The summed E-state index contributed by atoms with van der Waals surface area (Å²) in [6.45, 7) is 5.22. The Morgan fingerprint density at radius 1 is 1.12 bits per heavy atom. The number of nitrogens with zero attached hydrogens (tertiary/aromatic N) is 4. The molecule has 33 heavy (non-hydrogen) atoms. The highest BCUT2D eigenvalue weighted by molar-refractivity contribution is 9.10. The van der Waals surface area contributed by atoms with Gasteiger partial charge < -0.3 is 4.74 Å². The van der Waals surface area contributed by atoms with Gasteiger partial charge in [0.05, 0.1) is 35.8 Å². The fourth-order valence-electron chi connectivity index (χ4n) is 3.97. The Morgan fingerprint density at radius 2 is 1.85 bits per heavy atom. The van der Waals surface area contributed by atoms with Gasteiger partial charge in [0, 0.05) is 42.6 Å². The van der Waals surface area contributed by atoms with Crippen LogP contribution in [0.3, 0.4) is 0 Å². The average Bonchev–Trinajstić information content (AvgIpc) is 2.79. The maximum atomic E-state index is 11.7. The zero-order valence-corrected chi connectivity index (χ0v) is 21.4. The number of hydrogen-bond donors (Lipinski definition) is 0. The van der Waals surface area contributed by atoms with Crippen molar-refractivity contribution in [1.29, 1.82) is 0 Å². The van der Waals surface area contributed by atoms with E-state index >= 15 is 0 Å². The molecule has 1 aliphatic rings. The third-order valence-corrected chi connectivity index (χ3v) is 7.72. The number of piperazine rings is 1. The molecule has 0 unspecified atom stereocenters. The van der Waals surface area contributed by atoms with Crippen LogP contribution in [0.25, 0.3) is 10.9 Å². The molecule has 1 aliphatic heterocycles. The highest BCUT2D eigenvalue weighted by atomic mass is 79.9. The number of rotatable bonds is 6. The molecule has 7 nitrogen and oxygen atoms in total. The minimum Gasteiger partial charge on any atom is -0.480 e. The lowest BCUT2D eigenvalue weighted by Crippen LogP contribution is -2.47. The standard InChI is InChI=1S/C24H27BrN4O3S/c1-17(20-15-19-6-4-5-7-22(19)27-24(20)32-2)26-23-9-8-18(14-21(23)25)16-28-10-12-29(13-11-28)33(3,30)31/h4-9,14-15H,10-13,16H2,1-3H3. The van der Waals surface area contributed by atoms with Crippen LogP contribution < -0.4 is 4.74 Å². The van der Waals surface area contributed by atoms with E-state index in [1.807, 2.05) is 37.3 Å². The molecule has 0 saturated carbocycles. The first-order valence-corrected chi connectivity index (χ1v) is 13.3. The molecule has 0 radical (unpaired) electrons. The number of aliphatic imine (C=N–C) groups is 1. The second-order valence-electron chi connectivity index (χ2n) is 8.16. The zero-order chi connectivity index (χ0) is 23.6. The second-order valence-corrected chi connectivity index (χ2v) is 11.0. The third-order valence-electron chi connectivity index (χ3n) is 5.78. The topological polar surface area (TPSA) is 75.1 Å².